The summed E-state index contributed by atoms with van der Waals surface area (Å²) >= 11 is 0. The summed E-state index contributed by atoms with van der Waals surface area (Å²) in [5, 5.41) is 10.7. The second kappa shape index (κ2) is 5.97. The molecule has 5 atom stereocenters. The van der Waals surface area contributed by atoms with Crippen LogP contribution < -0.4 is 0 Å². The summed E-state index contributed by atoms with van der Waals surface area (Å²) in [6.07, 6.45) is -1.46. The molecule has 0 saturated carbocycles. The number of aliphatic hydroxyl groups is 1. The van der Waals surface area contributed by atoms with E-state index in [9.17, 15) is 14.7 Å². The van der Waals surface area contributed by atoms with Crippen molar-refractivity contribution >= 4 is 11.9 Å². The Labute approximate surface area is 146 Å². The zero-order valence-electron chi connectivity index (χ0n) is 14.2. The molecule has 0 aromatic rings. The zero-order chi connectivity index (χ0) is 18.5. The molecule has 3 saturated heterocycles. The maximum absolute atomic E-state index is 12.1. The van der Waals surface area contributed by atoms with Gasteiger partial charge < -0.3 is 19.3 Å². The van der Waals surface area contributed by atoms with Crippen LogP contribution in [0.3, 0.4) is 0 Å². The molecule has 1 N–H and O–H groups in total. The molecule has 0 radical (unpaired) electrons. The maximum Gasteiger partial charge on any atom is 0.334 e. The van der Waals surface area contributed by atoms with Gasteiger partial charge in [-0.05, 0) is 12.5 Å². The van der Waals surface area contributed by atoms with Gasteiger partial charge in [-0.15, -0.1) is 0 Å². The molecule has 3 rings (SSSR count). The summed E-state index contributed by atoms with van der Waals surface area (Å²) in [4.78, 5) is 24.2. The topological polar surface area (TPSA) is 82.1 Å². The van der Waals surface area contributed by atoms with Crippen LogP contribution in [0, 0.1) is 5.92 Å². The van der Waals surface area contributed by atoms with E-state index in [0.717, 1.165) is 0 Å². The number of fused-ring (bicyclic) bond motifs is 4. The first kappa shape index (κ1) is 17.6. The highest BCUT2D eigenvalue weighted by molar-refractivity contribution is 5.91. The molecule has 0 aliphatic carbocycles. The molecule has 3 heterocycles. The third-order valence-corrected chi connectivity index (χ3v) is 4.84. The van der Waals surface area contributed by atoms with E-state index in [2.05, 4.69) is 26.3 Å². The molecular weight excluding hydrogens is 324 g/mol. The van der Waals surface area contributed by atoms with E-state index in [1.807, 2.05) is 0 Å². The van der Waals surface area contributed by atoms with Crippen LogP contribution in [0.2, 0.25) is 0 Å². The van der Waals surface area contributed by atoms with Crippen molar-refractivity contribution in [3.05, 3.63) is 48.6 Å². The lowest BCUT2D eigenvalue weighted by Crippen LogP contribution is -2.40. The standard InChI is InChI=1S/C19H22O6/c1-9(2)17(20)23-13-6-10(3)7-19(22)8-11(4)15(25-19)16-14(13)12(5)18(21)24-16/h13-16,22H,1,3-8H2,2H3/t13?,14-,15?,16?,19?/m1/s1. The lowest BCUT2D eigenvalue weighted by atomic mass is 9.82. The average molecular weight is 346 g/mol. The monoisotopic (exact) mass is 346 g/mol. The minimum absolute atomic E-state index is 0.184. The Morgan fingerprint density at radius 3 is 2.64 bits per heavy atom. The number of hydrogen-bond acceptors (Lipinski definition) is 6. The Morgan fingerprint density at radius 1 is 1.32 bits per heavy atom. The van der Waals surface area contributed by atoms with Crippen molar-refractivity contribution in [3.8, 4) is 0 Å². The molecule has 0 spiro atoms. The number of ether oxygens (including phenoxy) is 3. The van der Waals surface area contributed by atoms with Crippen molar-refractivity contribution in [2.75, 3.05) is 0 Å². The van der Waals surface area contributed by atoms with Gasteiger partial charge >= 0.3 is 11.9 Å². The van der Waals surface area contributed by atoms with Crippen molar-refractivity contribution in [1.82, 2.24) is 0 Å². The highest BCUT2D eigenvalue weighted by Gasteiger charge is 2.55. The Hall–Kier alpha value is -2.18. The third-order valence-electron chi connectivity index (χ3n) is 4.84. The van der Waals surface area contributed by atoms with E-state index in [1.165, 1.54) is 0 Å². The van der Waals surface area contributed by atoms with Crippen LogP contribution in [0.15, 0.2) is 48.6 Å². The van der Waals surface area contributed by atoms with Gasteiger partial charge in [-0.1, -0.05) is 31.9 Å². The van der Waals surface area contributed by atoms with Crippen LogP contribution >= 0.6 is 0 Å². The van der Waals surface area contributed by atoms with Crippen molar-refractivity contribution in [2.45, 2.75) is 50.3 Å². The van der Waals surface area contributed by atoms with Crippen molar-refractivity contribution in [3.63, 3.8) is 0 Å². The normalized spacial score (nSPS) is 37.7. The van der Waals surface area contributed by atoms with Crippen LogP contribution in [-0.2, 0) is 23.8 Å². The van der Waals surface area contributed by atoms with Gasteiger partial charge in [0, 0.05) is 30.4 Å². The summed E-state index contributed by atoms with van der Waals surface area (Å²) in [6, 6.07) is 0. The van der Waals surface area contributed by atoms with Crippen molar-refractivity contribution in [2.24, 2.45) is 5.92 Å². The van der Waals surface area contributed by atoms with Crippen molar-refractivity contribution < 1.29 is 28.9 Å². The van der Waals surface area contributed by atoms with Gasteiger partial charge in [0.25, 0.3) is 0 Å². The van der Waals surface area contributed by atoms with Crippen LogP contribution in [0.1, 0.15) is 26.2 Å². The van der Waals surface area contributed by atoms with Gasteiger partial charge in [0.15, 0.2) is 5.79 Å². The van der Waals surface area contributed by atoms with Gasteiger partial charge in [-0.3, -0.25) is 0 Å². The summed E-state index contributed by atoms with van der Waals surface area (Å²) in [7, 11) is 0. The summed E-state index contributed by atoms with van der Waals surface area (Å²) < 4.78 is 16.8. The summed E-state index contributed by atoms with van der Waals surface area (Å²) in [5.74, 6) is -3.17. The number of esters is 2. The molecular formula is C19H22O6. The minimum atomic E-state index is -1.44. The maximum atomic E-state index is 12.1. The first-order valence-corrected chi connectivity index (χ1v) is 8.12. The summed E-state index contributed by atoms with van der Waals surface area (Å²) in [5.41, 5.74) is 1.73. The van der Waals surface area contributed by atoms with Gasteiger partial charge in [0.05, 0.1) is 5.92 Å². The van der Waals surface area contributed by atoms with E-state index in [4.69, 9.17) is 14.2 Å². The predicted octanol–water partition coefficient (Wildman–Crippen LogP) is 1.96. The molecule has 6 heteroatoms. The molecule has 0 aromatic heterocycles. The quantitative estimate of drug-likeness (QED) is 0.468. The number of rotatable bonds is 2. The van der Waals surface area contributed by atoms with Gasteiger partial charge in [0.1, 0.15) is 18.3 Å². The highest BCUT2D eigenvalue weighted by atomic mass is 16.7. The Balaban J connectivity index is 2.01. The van der Waals surface area contributed by atoms with E-state index < -0.39 is 42.0 Å². The fourth-order valence-electron chi connectivity index (χ4n) is 3.74. The molecule has 4 unspecified atom stereocenters. The number of hydrogen-bond donors (Lipinski definition) is 1. The minimum Gasteiger partial charge on any atom is -0.458 e. The fourth-order valence-corrected chi connectivity index (χ4v) is 3.74. The molecule has 6 nitrogen and oxygen atoms in total. The van der Waals surface area contributed by atoms with E-state index in [0.29, 0.717) is 11.1 Å². The molecule has 2 bridgehead atoms. The Kier molecular flexibility index (Phi) is 4.21. The van der Waals surface area contributed by atoms with Crippen LogP contribution in [0.5, 0.6) is 0 Å². The average Bonchev–Trinajstić information content (AvgIpc) is 2.95. The highest BCUT2D eigenvalue weighted by Crippen LogP contribution is 2.47. The molecule has 134 valence electrons. The Morgan fingerprint density at radius 2 is 2.00 bits per heavy atom. The smallest absolute Gasteiger partial charge is 0.334 e. The largest absolute Gasteiger partial charge is 0.458 e. The van der Waals surface area contributed by atoms with E-state index >= 15 is 0 Å². The molecule has 3 aliphatic rings. The van der Waals surface area contributed by atoms with E-state index in [1.54, 1.807) is 6.92 Å². The van der Waals surface area contributed by atoms with Crippen LogP contribution in [-0.4, -0.2) is 41.1 Å². The van der Waals surface area contributed by atoms with Gasteiger partial charge in [-0.25, -0.2) is 9.59 Å². The lowest BCUT2D eigenvalue weighted by Gasteiger charge is -2.29. The van der Waals surface area contributed by atoms with Gasteiger partial charge in [-0.2, -0.15) is 0 Å². The van der Waals surface area contributed by atoms with Crippen molar-refractivity contribution in [1.29, 1.82) is 0 Å². The third kappa shape index (κ3) is 3.07. The van der Waals surface area contributed by atoms with Crippen LogP contribution in [0.25, 0.3) is 0 Å². The zero-order valence-corrected chi connectivity index (χ0v) is 14.2. The molecule has 0 aromatic carbocycles. The molecule has 0 amide bonds. The molecule has 25 heavy (non-hydrogen) atoms. The fraction of sp³-hybridized carbons (Fsp3) is 0.474. The summed E-state index contributed by atoms with van der Waals surface area (Å²) in [6.45, 7) is 16.9. The van der Waals surface area contributed by atoms with Gasteiger partial charge in [0.2, 0.25) is 0 Å². The predicted molar refractivity (Wildman–Crippen MR) is 89.2 cm³/mol. The Bertz CT molecular complexity index is 705. The second-order valence-electron chi connectivity index (χ2n) is 7.10. The SMILES string of the molecule is C=C1CC(OC(=O)C(=C)C)[C@H]2C(=C)C(=O)OC2C2OC(O)(C1)CC2=C. The lowest BCUT2D eigenvalue weighted by molar-refractivity contribution is -0.209. The first-order chi connectivity index (χ1) is 11.6. The molecule has 3 aliphatic heterocycles. The van der Waals surface area contributed by atoms with Crippen LogP contribution in [0.4, 0.5) is 0 Å². The second-order valence-corrected chi connectivity index (χ2v) is 7.10. The number of carbonyl (C=O) groups is 2. The molecule has 3 fully saturated rings. The first-order valence-electron chi connectivity index (χ1n) is 8.12. The number of carbonyl (C=O) groups excluding carboxylic acids is 2. The van der Waals surface area contributed by atoms with E-state index in [-0.39, 0.29) is 30.4 Å².